The van der Waals surface area contributed by atoms with Gasteiger partial charge in [-0.2, -0.15) is 5.10 Å². The summed E-state index contributed by atoms with van der Waals surface area (Å²) < 4.78 is 21.5. The number of benzene rings is 2. The SMILES string of the molecule is COc1cc(C=NNC(=O)C(CCCCNC(=O)c2ccccc2)N2CCOCC2)cc(OC)c1OC. The molecule has 0 radical (unpaired) electrons. The number of amides is 2. The highest BCUT2D eigenvalue weighted by Gasteiger charge is 2.27. The molecule has 1 atom stereocenters. The largest absolute Gasteiger partial charge is 0.493 e. The predicted octanol–water partition coefficient (Wildman–Crippen LogP) is 2.46. The number of carbonyl (C=O) groups excluding carboxylic acids is 2. The van der Waals surface area contributed by atoms with E-state index in [0.29, 0.717) is 67.6 Å². The van der Waals surface area contributed by atoms with Crippen LogP contribution in [0.4, 0.5) is 0 Å². The van der Waals surface area contributed by atoms with Crippen LogP contribution in [0.25, 0.3) is 0 Å². The number of nitrogens with zero attached hydrogens (tertiary/aromatic N) is 2. The van der Waals surface area contributed by atoms with Gasteiger partial charge in [0.2, 0.25) is 5.75 Å². The van der Waals surface area contributed by atoms with Crippen LogP contribution in [0.3, 0.4) is 0 Å². The second-order valence-corrected chi connectivity index (χ2v) is 8.47. The summed E-state index contributed by atoms with van der Waals surface area (Å²) in [6.45, 7) is 3.08. The number of unbranched alkanes of at least 4 members (excludes halogenated alkanes) is 1. The normalized spacial score (nSPS) is 14.7. The van der Waals surface area contributed by atoms with E-state index < -0.39 is 0 Å². The van der Waals surface area contributed by atoms with E-state index in [-0.39, 0.29) is 17.9 Å². The van der Waals surface area contributed by atoms with Gasteiger partial charge < -0.3 is 24.3 Å². The first-order valence-corrected chi connectivity index (χ1v) is 12.3. The summed E-state index contributed by atoms with van der Waals surface area (Å²) in [6.07, 6.45) is 3.73. The Hall–Kier alpha value is -3.63. The second-order valence-electron chi connectivity index (χ2n) is 8.47. The lowest BCUT2D eigenvalue weighted by molar-refractivity contribution is -0.128. The molecule has 0 bridgehead atoms. The van der Waals surface area contributed by atoms with Crippen molar-refractivity contribution >= 4 is 18.0 Å². The average molecular weight is 513 g/mol. The number of hydrogen-bond donors (Lipinski definition) is 2. The van der Waals surface area contributed by atoms with Gasteiger partial charge in [-0.15, -0.1) is 0 Å². The van der Waals surface area contributed by atoms with E-state index >= 15 is 0 Å². The minimum Gasteiger partial charge on any atom is -0.493 e. The average Bonchev–Trinajstić information content (AvgIpc) is 2.95. The fourth-order valence-corrected chi connectivity index (χ4v) is 4.15. The minimum atomic E-state index is -0.342. The maximum atomic E-state index is 13.1. The number of ether oxygens (including phenoxy) is 4. The second kappa shape index (κ2) is 14.8. The Balaban J connectivity index is 1.55. The molecule has 1 aliphatic rings. The quantitative estimate of drug-likeness (QED) is 0.241. The number of carbonyl (C=O) groups is 2. The Morgan fingerprint density at radius 3 is 2.32 bits per heavy atom. The van der Waals surface area contributed by atoms with Crippen LogP contribution in [0.2, 0.25) is 0 Å². The maximum Gasteiger partial charge on any atom is 0.257 e. The molecule has 1 unspecified atom stereocenters. The van der Waals surface area contributed by atoms with Crippen LogP contribution in [-0.4, -0.2) is 83.1 Å². The highest BCUT2D eigenvalue weighted by Crippen LogP contribution is 2.37. The predicted molar refractivity (Wildman–Crippen MR) is 141 cm³/mol. The van der Waals surface area contributed by atoms with Gasteiger partial charge >= 0.3 is 0 Å². The van der Waals surface area contributed by atoms with Gasteiger partial charge in [-0.25, -0.2) is 5.43 Å². The van der Waals surface area contributed by atoms with Crippen molar-refractivity contribution in [1.29, 1.82) is 0 Å². The minimum absolute atomic E-state index is 0.0933. The third kappa shape index (κ3) is 8.19. The molecule has 10 nitrogen and oxygen atoms in total. The van der Waals surface area contributed by atoms with Gasteiger partial charge in [0.1, 0.15) is 0 Å². The molecule has 1 heterocycles. The van der Waals surface area contributed by atoms with Crippen molar-refractivity contribution in [2.75, 3.05) is 54.2 Å². The first-order chi connectivity index (χ1) is 18.1. The Morgan fingerprint density at radius 1 is 1.03 bits per heavy atom. The van der Waals surface area contributed by atoms with Crippen LogP contribution in [0.15, 0.2) is 47.6 Å². The lowest BCUT2D eigenvalue weighted by atomic mass is 10.1. The van der Waals surface area contributed by atoms with Crippen molar-refractivity contribution in [2.45, 2.75) is 25.3 Å². The van der Waals surface area contributed by atoms with Crippen molar-refractivity contribution in [3.8, 4) is 17.2 Å². The highest BCUT2D eigenvalue weighted by atomic mass is 16.5. The lowest BCUT2D eigenvalue weighted by Crippen LogP contribution is -2.50. The van der Waals surface area contributed by atoms with Gasteiger partial charge in [0.15, 0.2) is 11.5 Å². The summed E-state index contributed by atoms with van der Waals surface area (Å²) in [4.78, 5) is 27.4. The van der Waals surface area contributed by atoms with E-state index in [9.17, 15) is 9.59 Å². The molecule has 2 aromatic carbocycles. The number of morpholine rings is 1. The molecule has 0 aromatic heterocycles. The maximum absolute atomic E-state index is 13.1. The zero-order chi connectivity index (χ0) is 26.5. The fraction of sp³-hybridized carbons (Fsp3) is 0.444. The molecule has 0 spiro atoms. The van der Waals surface area contributed by atoms with E-state index in [0.717, 1.165) is 12.8 Å². The monoisotopic (exact) mass is 512 g/mol. The molecule has 0 saturated carbocycles. The molecular weight excluding hydrogens is 476 g/mol. The zero-order valence-electron chi connectivity index (χ0n) is 21.7. The van der Waals surface area contributed by atoms with Crippen LogP contribution >= 0.6 is 0 Å². The van der Waals surface area contributed by atoms with Crippen molar-refractivity contribution in [1.82, 2.24) is 15.6 Å². The fourth-order valence-electron chi connectivity index (χ4n) is 4.15. The standard InChI is InChI=1S/C27H36N4O6/c1-34-23-17-20(18-24(35-2)25(23)36-3)19-29-30-27(33)22(31-13-15-37-16-14-31)11-7-8-12-28-26(32)21-9-5-4-6-10-21/h4-6,9-10,17-19,22H,7-8,11-16H2,1-3H3,(H,28,32)(H,30,33). The molecule has 3 rings (SSSR count). The Bertz CT molecular complexity index is 1020. The van der Waals surface area contributed by atoms with E-state index in [1.165, 1.54) is 13.3 Å². The van der Waals surface area contributed by atoms with E-state index in [1.54, 1.807) is 38.5 Å². The van der Waals surface area contributed by atoms with Gasteiger partial charge in [0.05, 0.1) is 46.8 Å². The third-order valence-corrected chi connectivity index (χ3v) is 6.09. The van der Waals surface area contributed by atoms with Crippen LogP contribution < -0.4 is 25.0 Å². The van der Waals surface area contributed by atoms with Crippen molar-refractivity contribution in [3.05, 3.63) is 53.6 Å². The summed E-state index contributed by atoms with van der Waals surface area (Å²) in [7, 11) is 4.62. The molecular formula is C27H36N4O6. The van der Waals surface area contributed by atoms with Gasteiger partial charge in [-0.05, 0) is 43.5 Å². The number of hydrazone groups is 1. The van der Waals surface area contributed by atoms with E-state index in [4.69, 9.17) is 18.9 Å². The Morgan fingerprint density at radius 2 is 1.70 bits per heavy atom. The van der Waals surface area contributed by atoms with Crippen molar-refractivity contribution in [3.63, 3.8) is 0 Å². The molecule has 10 heteroatoms. The molecule has 2 aromatic rings. The first-order valence-electron chi connectivity index (χ1n) is 12.3. The van der Waals surface area contributed by atoms with Crippen LogP contribution in [0.5, 0.6) is 17.2 Å². The first kappa shape index (κ1) is 27.9. The van der Waals surface area contributed by atoms with Crippen molar-refractivity contribution in [2.24, 2.45) is 5.10 Å². The molecule has 1 fully saturated rings. The molecule has 1 saturated heterocycles. The molecule has 0 aliphatic carbocycles. The summed E-state index contributed by atoms with van der Waals surface area (Å²) in [5.41, 5.74) is 4.00. The highest BCUT2D eigenvalue weighted by molar-refractivity contribution is 5.94. The molecule has 37 heavy (non-hydrogen) atoms. The number of hydrogen-bond acceptors (Lipinski definition) is 8. The molecule has 200 valence electrons. The van der Waals surface area contributed by atoms with Gasteiger partial charge in [0, 0.05) is 30.8 Å². The smallest absolute Gasteiger partial charge is 0.257 e. The Kier molecular flexibility index (Phi) is 11.2. The van der Waals surface area contributed by atoms with Crippen LogP contribution in [-0.2, 0) is 9.53 Å². The zero-order valence-corrected chi connectivity index (χ0v) is 21.7. The molecule has 1 aliphatic heterocycles. The molecule has 2 amide bonds. The van der Waals surface area contributed by atoms with Crippen LogP contribution in [0, 0.1) is 0 Å². The molecule has 2 N–H and O–H groups in total. The van der Waals surface area contributed by atoms with Crippen molar-refractivity contribution < 1.29 is 28.5 Å². The topological polar surface area (TPSA) is 111 Å². The van der Waals surface area contributed by atoms with E-state index in [2.05, 4.69) is 20.7 Å². The number of methoxy groups -OCH3 is 3. The summed E-state index contributed by atoms with van der Waals surface area (Å²) >= 11 is 0. The van der Waals surface area contributed by atoms with E-state index in [1.807, 2.05) is 18.2 Å². The third-order valence-electron chi connectivity index (χ3n) is 6.09. The summed E-state index contributed by atoms with van der Waals surface area (Å²) in [6, 6.07) is 12.3. The van der Waals surface area contributed by atoms with Gasteiger partial charge in [-0.3, -0.25) is 14.5 Å². The number of nitrogens with one attached hydrogen (secondary N) is 2. The van der Waals surface area contributed by atoms with Gasteiger partial charge in [0.25, 0.3) is 11.8 Å². The summed E-state index contributed by atoms with van der Waals surface area (Å²) in [5, 5.41) is 7.11. The van der Waals surface area contributed by atoms with Crippen LogP contribution in [0.1, 0.15) is 35.2 Å². The van der Waals surface area contributed by atoms with Gasteiger partial charge in [-0.1, -0.05) is 18.2 Å². The number of rotatable bonds is 13. The lowest BCUT2D eigenvalue weighted by Gasteiger charge is -2.33. The summed E-state index contributed by atoms with van der Waals surface area (Å²) in [5.74, 6) is 1.21. The Labute approximate surface area is 217 Å².